The standard InChI is InChI=1S/C20H17F2NO4/c21-20(22)9-10-23(17(20)18(24)25)19(26)27-11-16-14-7-3-1-5-12(14)13-6-2-4-8-15(13)16/h1-8,16-17H,9-11H2,(H,24,25). The molecule has 0 saturated carbocycles. The van der Waals surface area contributed by atoms with Gasteiger partial charge in [-0.15, -0.1) is 0 Å². The quantitative estimate of drug-likeness (QED) is 0.890. The maximum atomic E-state index is 13.8. The minimum absolute atomic E-state index is 0.0404. The van der Waals surface area contributed by atoms with E-state index in [0.29, 0.717) is 4.90 Å². The number of hydrogen-bond acceptors (Lipinski definition) is 3. The Morgan fingerprint density at radius 1 is 1.07 bits per heavy atom. The topological polar surface area (TPSA) is 66.8 Å². The molecule has 1 atom stereocenters. The summed E-state index contributed by atoms with van der Waals surface area (Å²) in [4.78, 5) is 24.1. The van der Waals surface area contributed by atoms with Crippen molar-refractivity contribution in [2.45, 2.75) is 24.3 Å². The summed E-state index contributed by atoms with van der Waals surface area (Å²) in [6.07, 6.45) is -1.71. The maximum Gasteiger partial charge on any atom is 0.410 e. The number of aliphatic carboxylic acids is 1. The molecule has 2 aromatic rings. The average molecular weight is 373 g/mol. The molecule has 0 radical (unpaired) electrons. The molecule has 4 rings (SSSR count). The van der Waals surface area contributed by atoms with Gasteiger partial charge in [-0.25, -0.2) is 18.4 Å². The third-order valence-electron chi connectivity index (χ3n) is 5.20. The smallest absolute Gasteiger partial charge is 0.410 e. The normalized spacial score (nSPS) is 20.2. The van der Waals surface area contributed by atoms with Gasteiger partial charge in [0.1, 0.15) is 6.61 Å². The van der Waals surface area contributed by atoms with Crippen LogP contribution in [0.2, 0.25) is 0 Å². The zero-order valence-corrected chi connectivity index (χ0v) is 14.3. The highest BCUT2D eigenvalue weighted by Gasteiger charge is 2.55. The van der Waals surface area contributed by atoms with Gasteiger partial charge in [-0.3, -0.25) is 4.90 Å². The highest BCUT2D eigenvalue weighted by molar-refractivity contribution is 5.82. The summed E-state index contributed by atoms with van der Waals surface area (Å²) >= 11 is 0. The minimum atomic E-state index is -3.46. The second-order valence-electron chi connectivity index (χ2n) is 6.75. The molecule has 1 amide bonds. The van der Waals surface area contributed by atoms with Crippen LogP contribution in [-0.2, 0) is 9.53 Å². The average Bonchev–Trinajstić information content (AvgIpc) is 3.14. The van der Waals surface area contributed by atoms with Gasteiger partial charge in [-0.1, -0.05) is 48.5 Å². The van der Waals surface area contributed by atoms with Crippen molar-refractivity contribution in [1.29, 1.82) is 0 Å². The largest absolute Gasteiger partial charge is 0.480 e. The Bertz CT molecular complexity index is 869. The van der Waals surface area contributed by atoms with E-state index in [9.17, 15) is 18.4 Å². The van der Waals surface area contributed by atoms with Crippen molar-refractivity contribution in [3.63, 3.8) is 0 Å². The zero-order chi connectivity index (χ0) is 19.2. The van der Waals surface area contributed by atoms with Gasteiger partial charge in [-0.2, -0.15) is 0 Å². The summed E-state index contributed by atoms with van der Waals surface area (Å²) in [5.41, 5.74) is 4.08. The van der Waals surface area contributed by atoms with Crippen LogP contribution in [0.1, 0.15) is 23.5 Å². The lowest BCUT2D eigenvalue weighted by Crippen LogP contribution is -2.48. The van der Waals surface area contributed by atoms with Crippen molar-refractivity contribution in [2.75, 3.05) is 13.2 Å². The number of carbonyl (C=O) groups excluding carboxylic acids is 1. The highest BCUT2D eigenvalue weighted by atomic mass is 19.3. The molecular weight excluding hydrogens is 356 g/mol. The van der Waals surface area contributed by atoms with Crippen LogP contribution in [0.25, 0.3) is 11.1 Å². The lowest BCUT2D eigenvalue weighted by atomic mass is 9.98. The number of benzene rings is 2. The third-order valence-corrected chi connectivity index (χ3v) is 5.20. The van der Waals surface area contributed by atoms with Gasteiger partial charge >= 0.3 is 12.1 Å². The van der Waals surface area contributed by atoms with Gasteiger partial charge in [0.05, 0.1) is 0 Å². The number of carboxylic acids is 1. The minimum Gasteiger partial charge on any atom is -0.480 e. The monoisotopic (exact) mass is 373 g/mol. The van der Waals surface area contributed by atoms with E-state index in [-0.39, 0.29) is 19.1 Å². The van der Waals surface area contributed by atoms with Crippen molar-refractivity contribution in [2.24, 2.45) is 0 Å². The molecular formula is C20H17F2NO4. The number of fused-ring (bicyclic) bond motifs is 3. The van der Waals surface area contributed by atoms with Crippen LogP contribution in [-0.4, -0.2) is 47.2 Å². The fourth-order valence-electron chi connectivity index (χ4n) is 3.95. The van der Waals surface area contributed by atoms with Crippen molar-refractivity contribution in [3.05, 3.63) is 59.7 Å². The van der Waals surface area contributed by atoms with Gasteiger partial charge < -0.3 is 9.84 Å². The Labute approximate surface area is 154 Å². The Kier molecular flexibility index (Phi) is 4.09. The summed E-state index contributed by atoms with van der Waals surface area (Å²) in [5.74, 6) is -5.41. The first-order valence-corrected chi connectivity index (χ1v) is 8.62. The number of halogens is 2. The summed E-state index contributed by atoms with van der Waals surface area (Å²) in [6, 6.07) is 13.3. The number of rotatable bonds is 3. The maximum absolute atomic E-state index is 13.8. The number of amides is 1. The lowest BCUT2D eigenvalue weighted by molar-refractivity contribution is -0.151. The number of hydrogen-bond donors (Lipinski definition) is 1. The van der Waals surface area contributed by atoms with E-state index in [1.165, 1.54) is 0 Å². The van der Waals surface area contributed by atoms with Crippen LogP contribution in [0, 0.1) is 0 Å². The first-order valence-electron chi connectivity index (χ1n) is 8.62. The molecule has 1 N–H and O–H groups in total. The number of likely N-dealkylation sites (tertiary alicyclic amines) is 1. The number of alkyl halides is 2. The summed E-state index contributed by atoms with van der Waals surface area (Å²) in [6.45, 7) is -0.387. The number of carboxylic acid groups (broad SMARTS) is 1. The predicted molar refractivity (Wildman–Crippen MR) is 92.8 cm³/mol. The second-order valence-corrected chi connectivity index (χ2v) is 6.75. The molecule has 5 nitrogen and oxygen atoms in total. The Balaban J connectivity index is 1.54. The molecule has 1 unspecified atom stereocenters. The van der Waals surface area contributed by atoms with Gasteiger partial charge in [0.25, 0.3) is 5.92 Å². The molecule has 1 fully saturated rings. The second kappa shape index (κ2) is 6.33. The zero-order valence-electron chi connectivity index (χ0n) is 14.3. The number of ether oxygens (including phenoxy) is 1. The van der Waals surface area contributed by atoms with E-state index >= 15 is 0 Å². The SMILES string of the molecule is O=C(O)C1N(C(=O)OCC2c3ccccc3-c3ccccc32)CCC1(F)F. The van der Waals surface area contributed by atoms with E-state index < -0.39 is 30.4 Å². The van der Waals surface area contributed by atoms with E-state index in [4.69, 9.17) is 9.84 Å². The van der Waals surface area contributed by atoms with Gasteiger partial charge in [0.2, 0.25) is 0 Å². The molecule has 1 saturated heterocycles. The Morgan fingerprint density at radius 3 is 2.19 bits per heavy atom. The molecule has 1 heterocycles. The van der Waals surface area contributed by atoms with E-state index in [0.717, 1.165) is 22.3 Å². The van der Waals surface area contributed by atoms with Gasteiger partial charge in [0.15, 0.2) is 6.04 Å². The van der Waals surface area contributed by atoms with Crippen LogP contribution in [0.5, 0.6) is 0 Å². The number of nitrogens with zero attached hydrogens (tertiary/aromatic N) is 1. The van der Waals surface area contributed by atoms with E-state index in [2.05, 4.69) is 0 Å². The van der Waals surface area contributed by atoms with Gasteiger partial charge in [0, 0.05) is 18.9 Å². The molecule has 7 heteroatoms. The fourth-order valence-corrected chi connectivity index (χ4v) is 3.95. The molecule has 0 bridgehead atoms. The third kappa shape index (κ3) is 2.83. The van der Waals surface area contributed by atoms with Crippen molar-refractivity contribution in [3.8, 4) is 11.1 Å². The Hall–Kier alpha value is -2.96. The summed E-state index contributed by atoms with van der Waals surface area (Å²) in [7, 11) is 0. The molecule has 1 aliphatic heterocycles. The molecule has 2 aromatic carbocycles. The van der Waals surface area contributed by atoms with Crippen LogP contribution in [0.4, 0.5) is 13.6 Å². The number of carbonyl (C=O) groups is 2. The molecule has 0 aromatic heterocycles. The summed E-state index contributed by atoms with van der Waals surface area (Å²) in [5, 5.41) is 9.08. The first-order chi connectivity index (χ1) is 12.9. The van der Waals surface area contributed by atoms with Crippen molar-refractivity contribution in [1.82, 2.24) is 4.90 Å². The van der Waals surface area contributed by atoms with Crippen molar-refractivity contribution >= 4 is 12.1 Å². The molecule has 2 aliphatic rings. The highest BCUT2D eigenvalue weighted by Crippen LogP contribution is 2.44. The van der Waals surface area contributed by atoms with E-state index in [1.807, 2.05) is 48.5 Å². The van der Waals surface area contributed by atoms with Crippen LogP contribution in [0.15, 0.2) is 48.5 Å². The van der Waals surface area contributed by atoms with Crippen LogP contribution in [0.3, 0.4) is 0 Å². The van der Waals surface area contributed by atoms with Crippen molar-refractivity contribution < 1.29 is 28.2 Å². The first kappa shape index (κ1) is 17.5. The van der Waals surface area contributed by atoms with Crippen LogP contribution >= 0.6 is 0 Å². The lowest BCUT2D eigenvalue weighted by Gasteiger charge is -2.24. The Morgan fingerprint density at radius 2 is 1.63 bits per heavy atom. The molecule has 140 valence electrons. The predicted octanol–water partition coefficient (Wildman–Crippen LogP) is 3.73. The van der Waals surface area contributed by atoms with Crippen LogP contribution < -0.4 is 0 Å². The molecule has 0 spiro atoms. The molecule has 27 heavy (non-hydrogen) atoms. The van der Waals surface area contributed by atoms with Gasteiger partial charge in [-0.05, 0) is 22.3 Å². The fraction of sp³-hybridized carbons (Fsp3) is 0.300. The molecule has 1 aliphatic carbocycles. The summed E-state index contributed by atoms with van der Waals surface area (Å²) < 4.78 is 32.8. The van der Waals surface area contributed by atoms with E-state index in [1.54, 1.807) is 0 Å².